The maximum atomic E-state index is 14.5. The van der Waals surface area contributed by atoms with Crippen LogP contribution in [0.1, 0.15) is 18.9 Å². The van der Waals surface area contributed by atoms with Crippen molar-refractivity contribution < 1.29 is 24.2 Å². The number of aliphatic hydroxyl groups is 1. The van der Waals surface area contributed by atoms with E-state index in [0.29, 0.717) is 45.9 Å². The largest absolute Gasteiger partial charge is 0.395 e. The zero-order chi connectivity index (χ0) is 29.9. The molecule has 4 aliphatic rings. The number of nitrogens with zero attached hydrogens (tertiary/aromatic N) is 4. The number of β-amino-alcohol motifs (C(OH)–C–C–N with tert-alkyl or cyclic N) is 1. The van der Waals surface area contributed by atoms with Crippen molar-refractivity contribution in [2.75, 3.05) is 65.6 Å². The lowest BCUT2D eigenvalue weighted by atomic mass is 9.65. The van der Waals surface area contributed by atoms with Crippen LogP contribution in [0.3, 0.4) is 0 Å². The van der Waals surface area contributed by atoms with E-state index in [2.05, 4.69) is 25.0 Å². The number of carbonyl (C=O) groups excluding carboxylic acids is 3. The minimum Gasteiger partial charge on any atom is -0.395 e. The SMILES string of the molecule is C=CCN(CCN1CCOCC1)C(=O)C1N(CCO)C(=O)[C@@H]2[C@H](C(=O)N(CC=C)Cc3ccccc3)[C@@H]3CC(C)C12S3. The molecule has 1 spiro atoms. The number of carbonyl (C=O) groups is 3. The predicted molar refractivity (Wildman–Crippen MR) is 164 cm³/mol. The molecule has 6 atom stereocenters. The first kappa shape index (κ1) is 30.8. The van der Waals surface area contributed by atoms with Crippen LogP contribution in [0.2, 0.25) is 0 Å². The smallest absolute Gasteiger partial charge is 0.247 e. The molecule has 9 nitrogen and oxygen atoms in total. The number of hydrogen-bond donors (Lipinski definition) is 1. The molecule has 1 aromatic rings. The second-order valence-electron chi connectivity index (χ2n) is 11.8. The average Bonchev–Trinajstić information content (AvgIpc) is 3.59. The molecule has 3 amide bonds. The first-order valence-corrected chi connectivity index (χ1v) is 16.0. The Balaban J connectivity index is 1.44. The van der Waals surface area contributed by atoms with Crippen molar-refractivity contribution >= 4 is 29.5 Å². The van der Waals surface area contributed by atoms with Crippen molar-refractivity contribution in [3.8, 4) is 0 Å². The number of likely N-dealkylation sites (tertiary alicyclic amines) is 1. The van der Waals surface area contributed by atoms with Gasteiger partial charge in [0.15, 0.2) is 0 Å². The highest BCUT2D eigenvalue weighted by molar-refractivity contribution is 8.02. The van der Waals surface area contributed by atoms with Crippen molar-refractivity contribution in [1.29, 1.82) is 0 Å². The van der Waals surface area contributed by atoms with E-state index < -0.39 is 22.6 Å². The van der Waals surface area contributed by atoms with Crippen LogP contribution < -0.4 is 0 Å². The van der Waals surface area contributed by atoms with Crippen LogP contribution >= 0.6 is 11.8 Å². The fraction of sp³-hybridized carbons (Fsp3) is 0.594. The molecule has 0 saturated carbocycles. The molecular formula is C32H44N4O5S. The summed E-state index contributed by atoms with van der Waals surface area (Å²) >= 11 is 1.67. The van der Waals surface area contributed by atoms with Gasteiger partial charge >= 0.3 is 0 Å². The van der Waals surface area contributed by atoms with Gasteiger partial charge in [-0.3, -0.25) is 19.3 Å². The number of thioether (sulfide) groups is 1. The van der Waals surface area contributed by atoms with Gasteiger partial charge in [0.25, 0.3) is 0 Å². The molecule has 228 valence electrons. The maximum absolute atomic E-state index is 14.5. The Bertz CT molecular complexity index is 1160. The Kier molecular flexibility index (Phi) is 9.77. The highest BCUT2D eigenvalue weighted by Gasteiger charge is 2.76. The number of benzene rings is 1. The molecule has 2 bridgehead atoms. The minimum atomic E-state index is -0.739. The molecule has 0 radical (unpaired) electrons. The molecule has 3 unspecified atom stereocenters. The quantitative estimate of drug-likeness (QED) is 0.348. The summed E-state index contributed by atoms with van der Waals surface area (Å²) in [7, 11) is 0. The number of fused-ring (bicyclic) bond motifs is 1. The summed E-state index contributed by atoms with van der Waals surface area (Å²) in [6.45, 7) is 15.1. The normalized spacial score (nSPS) is 30.3. The molecular weight excluding hydrogens is 552 g/mol. The van der Waals surface area contributed by atoms with Crippen LogP contribution in [0.25, 0.3) is 0 Å². The average molecular weight is 597 g/mol. The van der Waals surface area contributed by atoms with Gasteiger partial charge in [0.05, 0.1) is 36.4 Å². The van der Waals surface area contributed by atoms with Gasteiger partial charge in [0.2, 0.25) is 17.7 Å². The van der Waals surface area contributed by atoms with Gasteiger partial charge in [-0.2, -0.15) is 0 Å². The van der Waals surface area contributed by atoms with Crippen LogP contribution in [0.4, 0.5) is 0 Å². The Morgan fingerprint density at radius 3 is 2.45 bits per heavy atom. The molecule has 42 heavy (non-hydrogen) atoms. The third-order valence-corrected chi connectivity index (χ3v) is 11.5. The second-order valence-corrected chi connectivity index (χ2v) is 13.4. The first-order valence-electron chi connectivity index (χ1n) is 15.1. The summed E-state index contributed by atoms with van der Waals surface area (Å²) < 4.78 is 4.75. The molecule has 0 aromatic heterocycles. The van der Waals surface area contributed by atoms with E-state index in [9.17, 15) is 19.5 Å². The van der Waals surface area contributed by atoms with E-state index in [1.807, 2.05) is 30.3 Å². The molecule has 4 heterocycles. The number of aliphatic hydroxyl groups excluding tert-OH is 1. The lowest BCUT2D eigenvalue weighted by Gasteiger charge is -2.41. The Labute approximate surface area is 253 Å². The van der Waals surface area contributed by atoms with Crippen molar-refractivity contribution in [2.24, 2.45) is 17.8 Å². The zero-order valence-corrected chi connectivity index (χ0v) is 25.4. The van der Waals surface area contributed by atoms with Crippen LogP contribution in [-0.2, 0) is 25.7 Å². The van der Waals surface area contributed by atoms with E-state index in [1.165, 1.54) is 0 Å². The Hall–Kier alpha value is -2.66. The summed E-state index contributed by atoms with van der Waals surface area (Å²) in [5.74, 6) is -1.44. The van der Waals surface area contributed by atoms with E-state index >= 15 is 0 Å². The van der Waals surface area contributed by atoms with E-state index in [-0.39, 0.29) is 42.0 Å². The van der Waals surface area contributed by atoms with Crippen LogP contribution in [0.5, 0.6) is 0 Å². The topological polar surface area (TPSA) is 93.6 Å². The molecule has 4 aliphatic heterocycles. The lowest BCUT2D eigenvalue weighted by Crippen LogP contribution is -2.58. The molecule has 0 aliphatic carbocycles. The Morgan fingerprint density at radius 2 is 1.79 bits per heavy atom. The van der Waals surface area contributed by atoms with Crippen LogP contribution in [0.15, 0.2) is 55.6 Å². The predicted octanol–water partition coefficient (Wildman–Crippen LogP) is 1.88. The zero-order valence-electron chi connectivity index (χ0n) is 24.6. The third kappa shape index (κ3) is 5.54. The standard InChI is InChI=1S/C32H44N4O5S/c1-4-11-34(14-13-33-16-19-41-20-17-33)31(40)28-32-23(3)21-25(42-32)26(27(32)30(39)36(28)15-18-37)29(38)35(12-5-2)22-24-9-7-6-8-10-24/h4-10,23,25-28,37H,1-2,11-22H2,3H3/t23?,25-,26+,27-,28?,32?/m0/s1. The fourth-order valence-electron chi connectivity index (χ4n) is 7.54. The summed E-state index contributed by atoms with van der Waals surface area (Å²) in [5, 5.41) is 9.96. The van der Waals surface area contributed by atoms with Crippen molar-refractivity contribution in [3.63, 3.8) is 0 Å². The maximum Gasteiger partial charge on any atom is 0.247 e. The Morgan fingerprint density at radius 1 is 1.10 bits per heavy atom. The summed E-state index contributed by atoms with van der Waals surface area (Å²) in [6.07, 6.45) is 4.22. The van der Waals surface area contributed by atoms with Crippen molar-refractivity contribution in [1.82, 2.24) is 19.6 Å². The van der Waals surface area contributed by atoms with Gasteiger partial charge < -0.3 is 24.5 Å². The van der Waals surface area contributed by atoms with E-state index in [0.717, 1.165) is 25.1 Å². The summed E-state index contributed by atoms with van der Waals surface area (Å²) in [5.41, 5.74) is 1.01. The molecule has 4 saturated heterocycles. The third-order valence-electron chi connectivity index (χ3n) is 9.43. The lowest BCUT2D eigenvalue weighted by molar-refractivity contribution is -0.145. The molecule has 4 fully saturated rings. The highest BCUT2D eigenvalue weighted by Crippen LogP contribution is 2.68. The summed E-state index contributed by atoms with van der Waals surface area (Å²) in [4.78, 5) is 50.5. The number of rotatable bonds is 13. The number of ether oxygens (including phenoxy) is 1. The fourth-order valence-corrected chi connectivity index (χ4v) is 9.95. The molecule has 10 heteroatoms. The van der Waals surface area contributed by atoms with Crippen LogP contribution in [-0.4, -0.2) is 124 Å². The van der Waals surface area contributed by atoms with Gasteiger partial charge in [0.1, 0.15) is 6.04 Å². The number of morpholine rings is 1. The molecule has 5 rings (SSSR count). The minimum absolute atomic E-state index is 0.0441. The first-order chi connectivity index (χ1) is 20.4. The summed E-state index contributed by atoms with van der Waals surface area (Å²) in [6, 6.07) is 9.09. The van der Waals surface area contributed by atoms with Gasteiger partial charge in [0, 0.05) is 57.6 Å². The van der Waals surface area contributed by atoms with Crippen molar-refractivity contribution in [2.45, 2.75) is 35.9 Å². The monoisotopic (exact) mass is 596 g/mol. The van der Waals surface area contributed by atoms with Crippen molar-refractivity contribution in [3.05, 3.63) is 61.2 Å². The number of hydrogen-bond acceptors (Lipinski definition) is 7. The second kappa shape index (κ2) is 13.3. The highest BCUT2D eigenvalue weighted by atomic mass is 32.2. The van der Waals surface area contributed by atoms with Crippen LogP contribution in [0, 0.1) is 17.8 Å². The van der Waals surface area contributed by atoms with Gasteiger partial charge in [-0.15, -0.1) is 24.9 Å². The van der Waals surface area contributed by atoms with Gasteiger partial charge in [-0.1, -0.05) is 49.4 Å². The van der Waals surface area contributed by atoms with E-state index in [4.69, 9.17) is 4.74 Å². The molecule has 1 N–H and O–H groups in total. The van der Waals surface area contributed by atoms with E-state index in [1.54, 1.807) is 38.6 Å². The van der Waals surface area contributed by atoms with Gasteiger partial charge in [-0.05, 0) is 17.9 Å². The number of amides is 3. The van der Waals surface area contributed by atoms with Gasteiger partial charge in [-0.25, -0.2) is 0 Å². The molecule has 1 aromatic carbocycles.